The molecular weight excluding hydrogens is 361 g/mol. The van der Waals surface area contributed by atoms with Crippen LogP contribution >= 0.6 is 24.8 Å². The van der Waals surface area contributed by atoms with Crippen molar-refractivity contribution in [2.24, 2.45) is 5.92 Å². The zero-order chi connectivity index (χ0) is 16.3. The van der Waals surface area contributed by atoms with Gasteiger partial charge in [0.25, 0.3) is 5.91 Å². The van der Waals surface area contributed by atoms with Crippen LogP contribution in [-0.4, -0.2) is 71.8 Å². The van der Waals surface area contributed by atoms with E-state index in [-0.39, 0.29) is 30.7 Å². The molecule has 0 aliphatic carbocycles. The first kappa shape index (κ1) is 22.2. The second kappa shape index (κ2) is 9.76. The first-order valence-corrected chi connectivity index (χ1v) is 8.84. The molecule has 1 N–H and O–H groups in total. The lowest BCUT2D eigenvalue weighted by atomic mass is 9.87. The minimum Gasteiger partial charge on any atom is -0.340 e. The Bertz CT molecular complexity index is 519. The molecule has 1 aromatic heterocycles. The van der Waals surface area contributed by atoms with E-state index in [1.54, 1.807) is 6.20 Å². The molecule has 144 valence electrons. The van der Waals surface area contributed by atoms with Crippen molar-refractivity contribution in [1.82, 2.24) is 24.9 Å². The predicted octanol–water partition coefficient (Wildman–Crippen LogP) is 1.61. The molecule has 0 saturated carbocycles. The highest BCUT2D eigenvalue weighted by Gasteiger charge is 2.45. The Kier molecular flexibility index (Phi) is 8.68. The van der Waals surface area contributed by atoms with Crippen LogP contribution < -0.4 is 5.32 Å². The smallest absolute Gasteiger partial charge is 0.250 e. The second-order valence-corrected chi connectivity index (χ2v) is 6.99. The number of likely N-dealkylation sites (tertiary alicyclic amines) is 1. The van der Waals surface area contributed by atoms with Gasteiger partial charge in [0.2, 0.25) is 0 Å². The summed E-state index contributed by atoms with van der Waals surface area (Å²) in [5, 5.41) is 7.79. The molecule has 0 radical (unpaired) electrons. The molecular formula is C17H31Cl2N5O. The first-order valence-electron chi connectivity index (χ1n) is 8.84. The van der Waals surface area contributed by atoms with E-state index in [0.29, 0.717) is 5.92 Å². The molecule has 0 aromatic carbocycles. The molecule has 1 amide bonds. The van der Waals surface area contributed by atoms with E-state index in [1.807, 2.05) is 16.9 Å². The Balaban J connectivity index is 0.00000156. The van der Waals surface area contributed by atoms with Crippen LogP contribution in [0.2, 0.25) is 0 Å². The van der Waals surface area contributed by atoms with E-state index >= 15 is 0 Å². The zero-order valence-corrected chi connectivity index (χ0v) is 16.8. The average molecular weight is 392 g/mol. The van der Waals surface area contributed by atoms with Crippen LogP contribution in [-0.2, 0) is 10.3 Å². The van der Waals surface area contributed by atoms with Crippen LogP contribution in [0.5, 0.6) is 0 Å². The lowest BCUT2D eigenvalue weighted by molar-refractivity contribution is -0.142. The van der Waals surface area contributed by atoms with Crippen molar-refractivity contribution in [3.63, 3.8) is 0 Å². The quantitative estimate of drug-likeness (QED) is 0.827. The van der Waals surface area contributed by atoms with Crippen molar-refractivity contribution in [3.8, 4) is 0 Å². The fraction of sp³-hybridized carbons (Fsp3) is 0.765. The molecule has 8 heteroatoms. The van der Waals surface area contributed by atoms with Gasteiger partial charge in [0.05, 0.1) is 0 Å². The molecule has 2 saturated heterocycles. The summed E-state index contributed by atoms with van der Waals surface area (Å²) >= 11 is 0. The predicted molar refractivity (Wildman–Crippen MR) is 105 cm³/mol. The van der Waals surface area contributed by atoms with Crippen LogP contribution in [0.3, 0.4) is 0 Å². The van der Waals surface area contributed by atoms with E-state index in [9.17, 15) is 4.79 Å². The summed E-state index contributed by atoms with van der Waals surface area (Å²) in [5.74, 6) is 0.865. The monoisotopic (exact) mass is 391 g/mol. The fourth-order valence-electron chi connectivity index (χ4n) is 3.93. The number of nitrogens with zero attached hydrogens (tertiary/aromatic N) is 4. The van der Waals surface area contributed by atoms with E-state index in [2.05, 4.69) is 34.2 Å². The average Bonchev–Trinajstić information content (AvgIpc) is 3.26. The number of carbonyl (C=O) groups is 1. The normalized spacial score (nSPS) is 22.4. The summed E-state index contributed by atoms with van der Waals surface area (Å²) in [4.78, 5) is 17.8. The first-order chi connectivity index (χ1) is 11.2. The van der Waals surface area contributed by atoms with Crippen LogP contribution in [0.1, 0.15) is 26.2 Å². The highest BCUT2D eigenvalue weighted by atomic mass is 35.5. The fourth-order valence-corrected chi connectivity index (χ4v) is 3.93. The molecule has 3 heterocycles. The maximum absolute atomic E-state index is 13.3. The maximum Gasteiger partial charge on any atom is 0.250 e. The Hall–Kier alpha value is -0.820. The Labute approximate surface area is 163 Å². The molecule has 3 rings (SSSR count). The van der Waals surface area contributed by atoms with Gasteiger partial charge in [0.1, 0.15) is 5.54 Å². The molecule has 1 unspecified atom stereocenters. The van der Waals surface area contributed by atoms with Crippen molar-refractivity contribution < 1.29 is 4.79 Å². The van der Waals surface area contributed by atoms with Gasteiger partial charge in [-0.05, 0) is 57.9 Å². The largest absolute Gasteiger partial charge is 0.340 e. The molecule has 6 nitrogen and oxygen atoms in total. The van der Waals surface area contributed by atoms with E-state index in [1.165, 1.54) is 0 Å². The van der Waals surface area contributed by atoms with Crippen molar-refractivity contribution >= 4 is 30.7 Å². The molecule has 0 spiro atoms. The standard InChI is InChI=1S/C17H29N5O.2ClH/c1-3-20(2)13-15-5-12-21(14-15)16(23)17(6-9-18-10-7-17)22-11-4-8-19-22;;/h4,8,11,15,18H,3,5-7,9-10,12-14H2,1-2H3;2*1H. The Morgan fingerprint density at radius 3 is 2.68 bits per heavy atom. The van der Waals surface area contributed by atoms with Gasteiger partial charge in [-0.2, -0.15) is 5.10 Å². The summed E-state index contributed by atoms with van der Waals surface area (Å²) in [7, 11) is 2.16. The third kappa shape index (κ3) is 4.67. The molecule has 2 aliphatic rings. The number of hydrogen-bond donors (Lipinski definition) is 1. The number of halogens is 2. The molecule has 25 heavy (non-hydrogen) atoms. The summed E-state index contributed by atoms with van der Waals surface area (Å²) in [5.41, 5.74) is -0.486. The highest BCUT2D eigenvalue weighted by molar-refractivity contribution is 5.86. The van der Waals surface area contributed by atoms with Gasteiger partial charge < -0.3 is 15.1 Å². The number of carbonyl (C=O) groups excluding carboxylic acids is 1. The van der Waals surface area contributed by atoms with Crippen molar-refractivity contribution in [1.29, 1.82) is 0 Å². The Morgan fingerprint density at radius 2 is 2.08 bits per heavy atom. The number of aromatic nitrogens is 2. The van der Waals surface area contributed by atoms with E-state index in [0.717, 1.165) is 58.5 Å². The Morgan fingerprint density at radius 1 is 1.36 bits per heavy atom. The lowest BCUT2D eigenvalue weighted by Crippen LogP contribution is -2.55. The van der Waals surface area contributed by atoms with Gasteiger partial charge in [-0.1, -0.05) is 6.92 Å². The third-order valence-corrected chi connectivity index (χ3v) is 5.45. The van der Waals surface area contributed by atoms with E-state index < -0.39 is 5.54 Å². The van der Waals surface area contributed by atoms with Crippen molar-refractivity contribution in [3.05, 3.63) is 18.5 Å². The minimum absolute atomic E-state index is 0. The van der Waals surface area contributed by atoms with Crippen LogP contribution in [0, 0.1) is 5.92 Å². The molecule has 1 atom stereocenters. The molecule has 1 aromatic rings. The summed E-state index contributed by atoms with van der Waals surface area (Å²) in [6.45, 7) is 7.85. The second-order valence-electron chi connectivity index (χ2n) is 6.99. The van der Waals surface area contributed by atoms with Crippen LogP contribution in [0.15, 0.2) is 18.5 Å². The number of hydrogen-bond acceptors (Lipinski definition) is 4. The summed E-state index contributed by atoms with van der Waals surface area (Å²) in [6, 6.07) is 1.92. The summed E-state index contributed by atoms with van der Waals surface area (Å²) < 4.78 is 1.90. The number of amides is 1. The minimum atomic E-state index is -0.486. The maximum atomic E-state index is 13.3. The lowest BCUT2D eigenvalue weighted by Gasteiger charge is -2.39. The van der Waals surface area contributed by atoms with Gasteiger partial charge in [0, 0.05) is 32.0 Å². The summed E-state index contributed by atoms with van der Waals surface area (Å²) in [6.07, 6.45) is 6.48. The number of rotatable bonds is 5. The van der Waals surface area contributed by atoms with Gasteiger partial charge in [-0.25, -0.2) is 0 Å². The topological polar surface area (TPSA) is 53.4 Å². The van der Waals surface area contributed by atoms with Crippen LogP contribution in [0.25, 0.3) is 0 Å². The zero-order valence-electron chi connectivity index (χ0n) is 15.2. The van der Waals surface area contributed by atoms with Gasteiger partial charge in [0.15, 0.2) is 0 Å². The van der Waals surface area contributed by atoms with Crippen LogP contribution in [0.4, 0.5) is 0 Å². The van der Waals surface area contributed by atoms with Crippen molar-refractivity contribution in [2.75, 3.05) is 46.3 Å². The number of nitrogens with one attached hydrogen (secondary N) is 1. The van der Waals surface area contributed by atoms with Gasteiger partial charge in [-0.15, -0.1) is 24.8 Å². The van der Waals surface area contributed by atoms with Crippen molar-refractivity contribution in [2.45, 2.75) is 31.7 Å². The van der Waals surface area contributed by atoms with Gasteiger partial charge in [-0.3, -0.25) is 9.48 Å². The SMILES string of the molecule is CCN(C)CC1CCN(C(=O)C2(n3cccn3)CCNCC2)C1.Cl.Cl. The molecule has 2 aliphatic heterocycles. The van der Waals surface area contributed by atoms with E-state index in [4.69, 9.17) is 0 Å². The number of piperidine rings is 1. The third-order valence-electron chi connectivity index (χ3n) is 5.45. The molecule has 2 fully saturated rings. The molecule has 0 bridgehead atoms. The highest BCUT2D eigenvalue weighted by Crippen LogP contribution is 2.31. The van der Waals surface area contributed by atoms with Gasteiger partial charge >= 0.3 is 0 Å².